The Morgan fingerprint density at radius 3 is 2.31 bits per heavy atom. The second kappa shape index (κ2) is 12.1. The monoisotopic (exact) mass is 436 g/mol. The van der Waals surface area contributed by atoms with Gasteiger partial charge in [-0.1, -0.05) is 45.4 Å². The van der Waals surface area contributed by atoms with Gasteiger partial charge in [0.05, 0.1) is 24.0 Å². The molecule has 0 spiro atoms. The summed E-state index contributed by atoms with van der Waals surface area (Å²) in [5.41, 5.74) is -0.748. The van der Waals surface area contributed by atoms with Gasteiger partial charge < -0.3 is 20.3 Å². The molecule has 4 N–H and O–H groups in total. The minimum Gasteiger partial charge on any atom is -0.444 e. The van der Waals surface area contributed by atoms with E-state index in [2.05, 4.69) is 10.0 Å². The van der Waals surface area contributed by atoms with E-state index >= 15 is 0 Å². The van der Waals surface area contributed by atoms with E-state index in [0.717, 1.165) is 32.1 Å². The van der Waals surface area contributed by atoms with Crippen LogP contribution in [-0.4, -0.2) is 60.9 Å². The van der Waals surface area contributed by atoms with Gasteiger partial charge in [-0.2, -0.15) is 0 Å². The summed E-state index contributed by atoms with van der Waals surface area (Å²) in [5.74, 6) is -0.299. The summed E-state index contributed by atoms with van der Waals surface area (Å²) in [6, 6.07) is -1.13. The second-order valence-electron chi connectivity index (χ2n) is 9.08. The van der Waals surface area contributed by atoms with E-state index in [0.29, 0.717) is 25.3 Å². The number of amides is 1. The van der Waals surface area contributed by atoms with Crippen molar-refractivity contribution in [1.29, 1.82) is 0 Å². The van der Waals surface area contributed by atoms with Gasteiger partial charge in [-0.15, -0.1) is 0 Å². The lowest BCUT2D eigenvalue weighted by molar-refractivity contribution is 0.0114. The Morgan fingerprint density at radius 1 is 1.14 bits per heavy atom. The summed E-state index contributed by atoms with van der Waals surface area (Å²) in [7, 11) is -3.74. The maximum atomic E-state index is 12.3. The molecule has 0 saturated heterocycles. The van der Waals surface area contributed by atoms with E-state index in [1.165, 1.54) is 6.42 Å². The highest BCUT2D eigenvalue weighted by Gasteiger charge is 2.34. The van der Waals surface area contributed by atoms with Crippen molar-refractivity contribution in [1.82, 2.24) is 10.0 Å². The molecule has 0 aromatic rings. The average molecular weight is 437 g/mol. The van der Waals surface area contributed by atoms with E-state index in [1.54, 1.807) is 20.8 Å². The SMILES string of the molecule is CCCCNS(=O)(=O)C[C@H](O)[C@@H](NC(=O)OC(C)(C)C)[C@H](O)CC1CCCCC1. The molecule has 3 atom stereocenters. The van der Waals surface area contributed by atoms with Crippen LogP contribution in [-0.2, 0) is 14.8 Å². The zero-order chi connectivity index (χ0) is 22.1. The lowest BCUT2D eigenvalue weighted by atomic mass is 9.83. The maximum absolute atomic E-state index is 12.3. The van der Waals surface area contributed by atoms with Crippen LogP contribution in [0.2, 0.25) is 0 Å². The van der Waals surface area contributed by atoms with Gasteiger partial charge in [-0.3, -0.25) is 0 Å². The number of nitrogens with one attached hydrogen (secondary N) is 2. The van der Waals surface area contributed by atoms with Crippen LogP contribution >= 0.6 is 0 Å². The highest BCUT2D eigenvalue weighted by atomic mass is 32.2. The number of hydrogen-bond acceptors (Lipinski definition) is 6. The van der Waals surface area contributed by atoms with Crippen molar-refractivity contribution in [3.63, 3.8) is 0 Å². The number of aliphatic hydroxyl groups excluding tert-OH is 2. The summed E-state index contributed by atoms with van der Waals surface area (Å²) in [5, 5.41) is 23.8. The Labute approximate surface area is 175 Å². The van der Waals surface area contributed by atoms with Crippen LogP contribution in [0.4, 0.5) is 4.79 Å². The van der Waals surface area contributed by atoms with Crippen LogP contribution in [0.3, 0.4) is 0 Å². The first-order valence-electron chi connectivity index (χ1n) is 10.8. The third kappa shape index (κ3) is 11.2. The molecule has 0 aromatic carbocycles. The van der Waals surface area contributed by atoms with Crippen LogP contribution in [0, 0.1) is 5.92 Å². The fourth-order valence-corrected chi connectivity index (χ4v) is 4.83. The average Bonchev–Trinajstić information content (AvgIpc) is 2.58. The van der Waals surface area contributed by atoms with Crippen molar-refractivity contribution < 1.29 is 28.2 Å². The quantitative estimate of drug-likeness (QED) is 0.368. The number of alkyl carbamates (subject to hydrolysis) is 1. The summed E-state index contributed by atoms with van der Waals surface area (Å²) in [6.07, 6.45) is 3.98. The Kier molecular flexibility index (Phi) is 10.9. The van der Waals surface area contributed by atoms with Crippen LogP contribution in [0.1, 0.15) is 79.1 Å². The van der Waals surface area contributed by atoms with E-state index in [4.69, 9.17) is 4.74 Å². The van der Waals surface area contributed by atoms with Gasteiger partial charge in [-0.05, 0) is 39.5 Å². The van der Waals surface area contributed by atoms with Crippen molar-refractivity contribution in [2.45, 2.75) is 103 Å². The molecule has 0 aromatic heterocycles. The molecule has 8 nitrogen and oxygen atoms in total. The Morgan fingerprint density at radius 2 is 1.76 bits per heavy atom. The highest BCUT2D eigenvalue weighted by Crippen LogP contribution is 2.28. The van der Waals surface area contributed by atoms with Gasteiger partial charge in [0.1, 0.15) is 5.60 Å². The van der Waals surface area contributed by atoms with Crippen molar-refractivity contribution >= 4 is 16.1 Å². The standard InChI is InChI=1S/C20H40N2O6S/c1-5-6-12-21-29(26,27)14-17(24)18(22-19(25)28-20(2,3)4)16(23)13-15-10-8-7-9-11-15/h15-18,21,23-24H,5-14H2,1-4H3,(H,22,25)/t16-,17+,18+/m1/s1. The molecule has 1 saturated carbocycles. The number of unbranched alkanes of at least 4 members (excludes halogenated alkanes) is 1. The van der Waals surface area contributed by atoms with Gasteiger partial charge in [0.15, 0.2) is 0 Å². The number of carbonyl (C=O) groups excluding carboxylic acids is 1. The van der Waals surface area contributed by atoms with E-state index in [9.17, 15) is 23.4 Å². The Hall–Kier alpha value is -0.900. The number of hydrogen-bond donors (Lipinski definition) is 4. The molecule has 0 radical (unpaired) electrons. The molecule has 0 heterocycles. The Balaban J connectivity index is 2.82. The molecule has 1 fully saturated rings. The molecule has 1 aliphatic rings. The third-order valence-electron chi connectivity index (χ3n) is 5.05. The smallest absolute Gasteiger partial charge is 0.408 e. The number of ether oxygens (including phenoxy) is 1. The van der Waals surface area contributed by atoms with E-state index < -0.39 is 45.7 Å². The van der Waals surface area contributed by atoms with Crippen molar-refractivity contribution in [3.05, 3.63) is 0 Å². The summed E-state index contributed by atoms with van der Waals surface area (Å²) < 4.78 is 32.2. The van der Waals surface area contributed by atoms with Gasteiger partial charge in [0, 0.05) is 6.54 Å². The van der Waals surface area contributed by atoms with Crippen molar-refractivity contribution in [2.24, 2.45) is 5.92 Å². The first kappa shape index (κ1) is 26.1. The predicted octanol–water partition coefficient (Wildman–Crippen LogP) is 2.29. The summed E-state index contributed by atoms with van der Waals surface area (Å²) >= 11 is 0. The minimum absolute atomic E-state index is 0.292. The Bertz CT molecular complexity index is 584. The second-order valence-corrected chi connectivity index (χ2v) is 10.9. The van der Waals surface area contributed by atoms with E-state index in [-0.39, 0.29) is 0 Å². The molecule has 29 heavy (non-hydrogen) atoms. The first-order chi connectivity index (χ1) is 13.4. The lowest BCUT2D eigenvalue weighted by Gasteiger charge is -2.32. The van der Waals surface area contributed by atoms with Gasteiger partial charge in [0.2, 0.25) is 10.0 Å². The third-order valence-corrected chi connectivity index (χ3v) is 6.48. The highest BCUT2D eigenvalue weighted by molar-refractivity contribution is 7.89. The molecule has 0 aliphatic heterocycles. The van der Waals surface area contributed by atoms with Crippen LogP contribution in [0.25, 0.3) is 0 Å². The zero-order valence-electron chi connectivity index (χ0n) is 18.3. The minimum atomic E-state index is -3.74. The number of carbonyl (C=O) groups is 1. The fourth-order valence-electron chi connectivity index (χ4n) is 3.60. The normalized spacial score (nSPS) is 19.4. The molecular formula is C20H40N2O6S. The van der Waals surface area contributed by atoms with Gasteiger partial charge in [-0.25, -0.2) is 17.9 Å². The summed E-state index contributed by atoms with van der Waals surface area (Å²) in [4.78, 5) is 12.2. The molecule has 1 rings (SSSR count). The van der Waals surface area contributed by atoms with E-state index in [1.807, 2.05) is 6.92 Å². The molecule has 0 unspecified atom stereocenters. The fraction of sp³-hybridized carbons (Fsp3) is 0.950. The van der Waals surface area contributed by atoms with Crippen LogP contribution < -0.4 is 10.0 Å². The number of rotatable bonds is 11. The topological polar surface area (TPSA) is 125 Å². The van der Waals surface area contributed by atoms with Crippen molar-refractivity contribution in [2.75, 3.05) is 12.3 Å². The van der Waals surface area contributed by atoms with Crippen LogP contribution in [0.15, 0.2) is 0 Å². The van der Waals surface area contributed by atoms with Gasteiger partial charge in [0.25, 0.3) is 0 Å². The molecule has 1 aliphatic carbocycles. The lowest BCUT2D eigenvalue weighted by Crippen LogP contribution is -2.55. The number of sulfonamides is 1. The predicted molar refractivity (Wildman–Crippen MR) is 113 cm³/mol. The number of aliphatic hydroxyl groups is 2. The summed E-state index contributed by atoms with van der Waals surface area (Å²) in [6.45, 7) is 7.36. The zero-order valence-corrected chi connectivity index (χ0v) is 19.1. The molecule has 0 bridgehead atoms. The maximum Gasteiger partial charge on any atom is 0.408 e. The van der Waals surface area contributed by atoms with Crippen LogP contribution in [0.5, 0.6) is 0 Å². The van der Waals surface area contributed by atoms with Gasteiger partial charge >= 0.3 is 6.09 Å². The first-order valence-corrected chi connectivity index (χ1v) is 12.4. The van der Waals surface area contributed by atoms with Crippen molar-refractivity contribution in [3.8, 4) is 0 Å². The molecule has 9 heteroatoms. The molecular weight excluding hydrogens is 396 g/mol. The molecule has 1 amide bonds. The molecule has 172 valence electrons. The largest absolute Gasteiger partial charge is 0.444 e.